The fraction of sp³-hybridized carbons (Fsp3) is 0.0714. The highest BCUT2D eigenvalue weighted by Crippen LogP contribution is 2.20. The van der Waals surface area contributed by atoms with Crippen molar-refractivity contribution in [1.29, 1.82) is 0 Å². The molecule has 0 aliphatic carbocycles. The van der Waals surface area contributed by atoms with E-state index in [0.29, 0.717) is 23.0 Å². The summed E-state index contributed by atoms with van der Waals surface area (Å²) in [6, 6.07) is 12.0. The van der Waals surface area contributed by atoms with Crippen LogP contribution in [0.3, 0.4) is 0 Å². The number of benzene rings is 2. The Balaban J connectivity index is 1.76. The molecule has 2 aromatic carbocycles. The van der Waals surface area contributed by atoms with E-state index >= 15 is 0 Å². The van der Waals surface area contributed by atoms with E-state index in [1.54, 1.807) is 6.07 Å². The van der Waals surface area contributed by atoms with Crippen molar-refractivity contribution in [3.05, 3.63) is 58.9 Å². The molecule has 0 bridgehead atoms. The second kappa shape index (κ2) is 5.88. The Kier molecular flexibility index (Phi) is 3.79. The average Bonchev–Trinajstić information content (AvgIpc) is 3.03. The minimum atomic E-state index is -0.291. The quantitative estimate of drug-likeness (QED) is 0.776. The first-order valence-electron chi connectivity index (χ1n) is 6.24. The topological polar surface area (TPSA) is 66.5 Å². The van der Waals surface area contributed by atoms with Gasteiger partial charge in [-0.15, -0.1) is 10.2 Å². The van der Waals surface area contributed by atoms with Crippen LogP contribution in [0.15, 0.2) is 42.5 Å². The van der Waals surface area contributed by atoms with Gasteiger partial charge in [-0.3, -0.25) is 0 Å². The van der Waals surface area contributed by atoms with Gasteiger partial charge in [-0.25, -0.2) is 4.39 Å². The lowest BCUT2D eigenvalue weighted by Gasteiger charge is -2.08. The summed E-state index contributed by atoms with van der Waals surface area (Å²) >= 11 is 5.87. The maximum Gasteiger partial charge on any atom is 0.204 e. The molecule has 3 aromatic rings. The van der Waals surface area contributed by atoms with Crippen LogP contribution in [0, 0.1) is 5.82 Å². The molecule has 0 saturated carbocycles. The number of aromatic nitrogens is 4. The SMILES string of the molecule is Fc1ccc(Cl)cc1CNc1cccc(-c2nn[nH]n2)c1. The average molecular weight is 304 g/mol. The van der Waals surface area contributed by atoms with Gasteiger partial charge in [0.15, 0.2) is 0 Å². The van der Waals surface area contributed by atoms with Crippen molar-refractivity contribution in [1.82, 2.24) is 20.6 Å². The van der Waals surface area contributed by atoms with Gasteiger partial charge in [0.25, 0.3) is 0 Å². The predicted molar refractivity (Wildman–Crippen MR) is 78.4 cm³/mol. The number of hydrogen-bond donors (Lipinski definition) is 2. The van der Waals surface area contributed by atoms with E-state index in [4.69, 9.17) is 11.6 Å². The number of nitrogens with zero attached hydrogens (tertiary/aromatic N) is 3. The van der Waals surface area contributed by atoms with Gasteiger partial charge in [0.1, 0.15) is 5.82 Å². The minimum absolute atomic E-state index is 0.291. The summed E-state index contributed by atoms with van der Waals surface area (Å²) in [5, 5.41) is 17.4. The lowest BCUT2D eigenvalue weighted by atomic mass is 10.1. The highest BCUT2D eigenvalue weighted by Gasteiger charge is 2.05. The van der Waals surface area contributed by atoms with E-state index in [9.17, 15) is 4.39 Å². The molecule has 1 heterocycles. The number of hydrogen-bond acceptors (Lipinski definition) is 4. The highest BCUT2D eigenvalue weighted by molar-refractivity contribution is 6.30. The van der Waals surface area contributed by atoms with Gasteiger partial charge in [-0.2, -0.15) is 5.21 Å². The van der Waals surface area contributed by atoms with Crippen LogP contribution in [-0.2, 0) is 6.54 Å². The third-order valence-corrected chi connectivity index (χ3v) is 3.19. The fourth-order valence-electron chi connectivity index (χ4n) is 1.93. The molecule has 1 aromatic heterocycles. The number of aromatic amines is 1. The number of tetrazole rings is 1. The van der Waals surface area contributed by atoms with Crippen molar-refractivity contribution >= 4 is 17.3 Å². The van der Waals surface area contributed by atoms with Crippen LogP contribution >= 0.6 is 11.6 Å². The normalized spacial score (nSPS) is 10.6. The Hall–Kier alpha value is -2.47. The summed E-state index contributed by atoms with van der Waals surface area (Å²) in [6.45, 7) is 0.335. The lowest BCUT2D eigenvalue weighted by molar-refractivity contribution is 0.613. The molecule has 0 atom stereocenters. The van der Waals surface area contributed by atoms with E-state index in [0.717, 1.165) is 11.3 Å². The fourth-order valence-corrected chi connectivity index (χ4v) is 2.12. The van der Waals surface area contributed by atoms with Crippen molar-refractivity contribution in [2.24, 2.45) is 0 Å². The van der Waals surface area contributed by atoms with Crippen molar-refractivity contribution < 1.29 is 4.39 Å². The number of H-pyrrole nitrogens is 1. The first kappa shape index (κ1) is 13.5. The summed E-state index contributed by atoms with van der Waals surface area (Å²) in [5.74, 6) is 0.216. The molecule has 0 fully saturated rings. The number of nitrogens with one attached hydrogen (secondary N) is 2. The molecule has 3 rings (SSSR count). The Labute approximate surface area is 125 Å². The Morgan fingerprint density at radius 2 is 2.10 bits per heavy atom. The highest BCUT2D eigenvalue weighted by atomic mass is 35.5. The van der Waals surface area contributed by atoms with Gasteiger partial charge in [-0.05, 0) is 35.5 Å². The zero-order chi connectivity index (χ0) is 14.7. The second-order valence-corrected chi connectivity index (χ2v) is 4.84. The minimum Gasteiger partial charge on any atom is -0.381 e. The Morgan fingerprint density at radius 1 is 1.19 bits per heavy atom. The molecule has 5 nitrogen and oxygen atoms in total. The predicted octanol–water partition coefficient (Wildman–Crippen LogP) is 3.27. The van der Waals surface area contributed by atoms with Crippen LogP contribution in [-0.4, -0.2) is 20.6 Å². The molecule has 7 heteroatoms. The number of anilines is 1. The van der Waals surface area contributed by atoms with Gasteiger partial charge < -0.3 is 5.32 Å². The van der Waals surface area contributed by atoms with E-state index in [2.05, 4.69) is 25.9 Å². The van der Waals surface area contributed by atoms with E-state index in [-0.39, 0.29) is 5.82 Å². The van der Waals surface area contributed by atoms with E-state index < -0.39 is 0 Å². The standard InChI is InChI=1S/C14H11ClFN5/c15-11-4-5-13(16)10(6-11)8-17-12-3-1-2-9(7-12)14-18-20-21-19-14/h1-7,17H,8H2,(H,18,19,20,21). The molecule has 0 saturated heterocycles. The van der Waals surface area contributed by atoms with Crippen LogP contribution < -0.4 is 5.32 Å². The molecule has 0 radical (unpaired) electrons. The first-order chi connectivity index (χ1) is 10.2. The third kappa shape index (κ3) is 3.17. The molecule has 0 amide bonds. The van der Waals surface area contributed by atoms with Crippen LogP contribution in [0.5, 0.6) is 0 Å². The first-order valence-corrected chi connectivity index (χ1v) is 6.62. The van der Waals surface area contributed by atoms with Gasteiger partial charge in [0.05, 0.1) is 0 Å². The van der Waals surface area contributed by atoms with Gasteiger partial charge in [0.2, 0.25) is 5.82 Å². The largest absolute Gasteiger partial charge is 0.381 e. The van der Waals surface area contributed by atoms with Crippen LogP contribution in [0.4, 0.5) is 10.1 Å². The van der Waals surface area contributed by atoms with Crippen molar-refractivity contribution in [3.63, 3.8) is 0 Å². The molecule has 0 spiro atoms. The van der Waals surface area contributed by atoms with Crippen LogP contribution in [0.1, 0.15) is 5.56 Å². The van der Waals surface area contributed by atoms with Gasteiger partial charge in [0, 0.05) is 28.4 Å². The zero-order valence-corrected chi connectivity index (χ0v) is 11.6. The van der Waals surface area contributed by atoms with Crippen LogP contribution in [0.25, 0.3) is 11.4 Å². The maximum atomic E-state index is 13.6. The van der Waals surface area contributed by atoms with Crippen LogP contribution in [0.2, 0.25) is 5.02 Å². The molecule has 0 aliphatic rings. The Bertz CT molecular complexity index is 745. The maximum absolute atomic E-state index is 13.6. The molecule has 0 aliphatic heterocycles. The van der Waals surface area contributed by atoms with Crippen molar-refractivity contribution in [3.8, 4) is 11.4 Å². The second-order valence-electron chi connectivity index (χ2n) is 4.41. The monoisotopic (exact) mass is 303 g/mol. The van der Waals surface area contributed by atoms with E-state index in [1.807, 2.05) is 24.3 Å². The molecule has 21 heavy (non-hydrogen) atoms. The summed E-state index contributed by atoms with van der Waals surface area (Å²) in [7, 11) is 0. The summed E-state index contributed by atoms with van der Waals surface area (Å²) < 4.78 is 13.6. The summed E-state index contributed by atoms with van der Waals surface area (Å²) in [4.78, 5) is 0. The van der Waals surface area contributed by atoms with Gasteiger partial charge >= 0.3 is 0 Å². The molecular formula is C14H11ClFN5. The summed E-state index contributed by atoms with van der Waals surface area (Å²) in [5.41, 5.74) is 2.16. The van der Waals surface area contributed by atoms with E-state index in [1.165, 1.54) is 12.1 Å². The molecular weight excluding hydrogens is 293 g/mol. The molecule has 0 unspecified atom stereocenters. The number of rotatable bonds is 4. The van der Waals surface area contributed by atoms with Crippen molar-refractivity contribution in [2.45, 2.75) is 6.54 Å². The number of halogens is 2. The third-order valence-electron chi connectivity index (χ3n) is 2.96. The van der Waals surface area contributed by atoms with Gasteiger partial charge in [-0.1, -0.05) is 23.7 Å². The Morgan fingerprint density at radius 3 is 2.90 bits per heavy atom. The summed E-state index contributed by atoms with van der Waals surface area (Å²) in [6.07, 6.45) is 0. The smallest absolute Gasteiger partial charge is 0.204 e. The van der Waals surface area contributed by atoms with Crippen molar-refractivity contribution in [2.75, 3.05) is 5.32 Å². The molecule has 106 valence electrons. The lowest BCUT2D eigenvalue weighted by Crippen LogP contribution is -2.02. The molecule has 2 N–H and O–H groups in total. The zero-order valence-electron chi connectivity index (χ0n) is 10.8.